The Balaban J connectivity index is 0.00000288. The van der Waals surface area contributed by atoms with Crippen LogP contribution in [0.2, 0.25) is 0 Å². The molecule has 1 heterocycles. The molecule has 0 unspecified atom stereocenters. The maximum atomic E-state index is 12.2. The van der Waals surface area contributed by atoms with E-state index in [2.05, 4.69) is 12.4 Å². The second-order valence-corrected chi connectivity index (χ2v) is 6.18. The van der Waals surface area contributed by atoms with Crippen LogP contribution in [0.25, 0.3) is 0 Å². The van der Waals surface area contributed by atoms with Crippen LogP contribution in [-0.2, 0) is 9.53 Å². The maximum absolute atomic E-state index is 12.2. The van der Waals surface area contributed by atoms with Crippen molar-refractivity contribution in [2.45, 2.75) is 0 Å². The third kappa shape index (κ3) is 6.25. The van der Waals surface area contributed by atoms with E-state index in [1.54, 1.807) is 38.4 Å². The molecule has 1 saturated heterocycles. The number of morpholine rings is 1. The maximum Gasteiger partial charge on any atom is 0.414 e. The van der Waals surface area contributed by atoms with Crippen LogP contribution in [0, 0.1) is 0 Å². The normalized spacial score (nSPS) is 15.8. The summed E-state index contributed by atoms with van der Waals surface area (Å²) in [4.78, 5) is 25.1. The molecule has 1 aromatic rings. The van der Waals surface area contributed by atoms with E-state index in [-0.39, 0.29) is 29.9 Å². The molecule has 1 fully saturated rings. The highest BCUT2D eigenvalue weighted by Crippen LogP contribution is 2.18. The first-order valence-electron chi connectivity index (χ1n) is 7.58. The van der Waals surface area contributed by atoms with E-state index in [0.717, 1.165) is 13.1 Å². The van der Waals surface area contributed by atoms with Gasteiger partial charge in [0.2, 0.25) is 0 Å². The Kier molecular flexibility index (Phi) is 7.91. The minimum Gasteiger partial charge on any atom is -1.00 e. The SMILES string of the molecule is CN(C)C(=O)Oc1cccc(NC(=O)C[N+]2(C)CCOCC2)c1.[I-]. The summed E-state index contributed by atoms with van der Waals surface area (Å²) >= 11 is 0. The molecule has 7 nitrogen and oxygen atoms in total. The lowest BCUT2D eigenvalue weighted by molar-refractivity contribution is -0.909. The molecule has 1 N–H and O–H groups in total. The monoisotopic (exact) mass is 449 g/mol. The van der Waals surface area contributed by atoms with E-state index in [9.17, 15) is 9.59 Å². The predicted molar refractivity (Wildman–Crippen MR) is 86.4 cm³/mol. The van der Waals surface area contributed by atoms with E-state index < -0.39 is 6.09 Å². The van der Waals surface area contributed by atoms with Crippen LogP contribution in [-0.4, -0.2) is 75.4 Å². The molecule has 24 heavy (non-hydrogen) atoms. The van der Waals surface area contributed by atoms with Crippen LogP contribution < -0.4 is 34.0 Å². The molecule has 1 aliphatic heterocycles. The summed E-state index contributed by atoms with van der Waals surface area (Å²) in [6, 6.07) is 6.81. The third-order valence-corrected chi connectivity index (χ3v) is 3.76. The molecule has 0 aromatic heterocycles. The molecule has 0 radical (unpaired) electrons. The number of hydrogen-bond donors (Lipinski definition) is 1. The van der Waals surface area contributed by atoms with Crippen molar-refractivity contribution < 1.29 is 47.5 Å². The van der Waals surface area contributed by atoms with Crippen LogP contribution >= 0.6 is 0 Å². The number of benzene rings is 1. The van der Waals surface area contributed by atoms with E-state index in [4.69, 9.17) is 9.47 Å². The van der Waals surface area contributed by atoms with Gasteiger partial charge in [0.05, 0.1) is 20.3 Å². The summed E-state index contributed by atoms with van der Waals surface area (Å²) in [5, 5.41) is 2.86. The van der Waals surface area contributed by atoms with Gasteiger partial charge >= 0.3 is 6.09 Å². The zero-order valence-corrected chi connectivity index (χ0v) is 16.4. The lowest BCUT2D eigenvalue weighted by atomic mass is 10.3. The zero-order chi connectivity index (χ0) is 16.9. The molecule has 8 heteroatoms. The standard InChI is InChI=1S/C16H23N3O4.HI/c1-18(2)16(21)23-14-6-4-5-13(11-14)17-15(20)12-19(3)7-9-22-10-8-19;/h4-6,11H,7-10,12H2,1-3H3;1H. The van der Waals surface area contributed by atoms with E-state index in [1.165, 1.54) is 4.90 Å². The fraction of sp³-hybridized carbons (Fsp3) is 0.500. The van der Waals surface area contributed by atoms with E-state index in [0.29, 0.717) is 35.7 Å². The van der Waals surface area contributed by atoms with Gasteiger partial charge in [0, 0.05) is 25.8 Å². The van der Waals surface area contributed by atoms with Gasteiger partial charge in [-0.05, 0) is 12.1 Å². The van der Waals surface area contributed by atoms with Gasteiger partial charge < -0.3 is 48.2 Å². The predicted octanol–water partition coefficient (Wildman–Crippen LogP) is -1.83. The fourth-order valence-corrected chi connectivity index (χ4v) is 2.32. The molecule has 0 aliphatic carbocycles. The quantitative estimate of drug-likeness (QED) is 0.434. The second-order valence-electron chi connectivity index (χ2n) is 6.18. The Labute approximate surface area is 159 Å². The van der Waals surface area contributed by atoms with Gasteiger partial charge in [-0.1, -0.05) is 6.07 Å². The van der Waals surface area contributed by atoms with Crippen molar-refractivity contribution in [3.05, 3.63) is 24.3 Å². The Bertz CT molecular complexity index is 574. The molecule has 0 bridgehead atoms. The minimum absolute atomic E-state index is 0. The van der Waals surface area contributed by atoms with Crippen molar-refractivity contribution in [3.63, 3.8) is 0 Å². The summed E-state index contributed by atoms with van der Waals surface area (Å²) < 4.78 is 11.2. The van der Waals surface area contributed by atoms with Crippen molar-refractivity contribution >= 4 is 17.7 Å². The number of amides is 2. The zero-order valence-electron chi connectivity index (χ0n) is 14.3. The number of ether oxygens (including phenoxy) is 2. The summed E-state index contributed by atoms with van der Waals surface area (Å²) in [5.74, 6) is 0.332. The second kappa shape index (κ2) is 9.19. The number of rotatable bonds is 4. The highest BCUT2D eigenvalue weighted by Gasteiger charge is 2.28. The van der Waals surface area contributed by atoms with Crippen molar-refractivity contribution in [2.75, 3.05) is 59.3 Å². The summed E-state index contributed by atoms with van der Waals surface area (Å²) in [6.45, 7) is 3.41. The van der Waals surface area contributed by atoms with Crippen LogP contribution in [0.5, 0.6) is 5.75 Å². The molecule has 0 saturated carbocycles. The molecular formula is C16H24IN3O4. The Morgan fingerprint density at radius 1 is 1.29 bits per heavy atom. The summed E-state index contributed by atoms with van der Waals surface area (Å²) in [6.07, 6.45) is -0.458. The van der Waals surface area contributed by atoms with E-state index >= 15 is 0 Å². The van der Waals surface area contributed by atoms with Crippen molar-refractivity contribution in [2.24, 2.45) is 0 Å². The number of nitrogens with one attached hydrogen (secondary N) is 1. The van der Waals surface area contributed by atoms with Gasteiger partial charge in [0.25, 0.3) is 5.91 Å². The van der Waals surface area contributed by atoms with Gasteiger partial charge in [-0.2, -0.15) is 0 Å². The largest absolute Gasteiger partial charge is 1.00 e. The Hall–Kier alpha value is -1.39. The van der Waals surface area contributed by atoms with Crippen LogP contribution in [0.4, 0.5) is 10.5 Å². The Morgan fingerprint density at radius 2 is 1.96 bits per heavy atom. The number of carbonyl (C=O) groups is 2. The van der Waals surface area contributed by atoms with E-state index in [1.807, 2.05) is 0 Å². The van der Waals surface area contributed by atoms with Crippen molar-refractivity contribution in [1.82, 2.24) is 4.90 Å². The number of quaternary nitrogens is 1. The number of hydrogen-bond acceptors (Lipinski definition) is 4. The number of anilines is 1. The minimum atomic E-state index is -0.458. The first-order chi connectivity index (χ1) is 10.9. The average molecular weight is 449 g/mol. The van der Waals surface area contributed by atoms with Gasteiger partial charge in [-0.15, -0.1) is 0 Å². The van der Waals surface area contributed by atoms with Gasteiger partial charge in [-0.25, -0.2) is 4.79 Å². The van der Waals surface area contributed by atoms with Crippen molar-refractivity contribution in [3.8, 4) is 5.75 Å². The van der Waals surface area contributed by atoms with Gasteiger partial charge in [0.1, 0.15) is 18.8 Å². The third-order valence-electron chi connectivity index (χ3n) is 3.76. The van der Waals surface area contributed by atoms with Crippen LogP contribution in [0.15, 0.2) is 24.3 Å². The lowest BCUT2D eigenvalue weighted by Crippen LogP contribution is -3.00. The summed E-state index contributed by atoms with van der Waals surface area (Å²) in [5.41, 5.74) is 0.610. The molecule has 1 aliphatic rings. The summed E-state index contributed by atoms with van der Waals surface area (Å²) in [7, 11) is 5.28. The molecule has 0 spiro atoms. The molecule has 134 valence electrons. The number of carbonyl (C=O) groups excluding carboxylic acids is 2. The van der Waals surface area contributed by atoms with Gasteiger partial charge in [-0.3, -0.25) is 4.79 Å². The number of likely N-dealkylation sites (N-methyl/N-ethyl adjacent to an activating group) is 1. The molecule has 0 atom stereocenters. The first-order valence-corrected chi connectivity index (χ1v) is 7.58. The first kappa shape index (κ1) is 20.7. The molecule has 2 amide bonds. The van der Waals surface area contributed by atoms with Crippen LogP contribution in [0.1, 0.15) is 0 Å². The van der Waals surface area contributed by atoms with Crippen LogP contribution in [0.3, 0.4) is 0 Å². The topological polar surface area (TPSA) is 67.9 Å². The number of halogens is 1. The van der Waals surface area contributed by atoms with Crippen molar-refractivity contribution in [1.29, 1.82) is 0 Å². The average Bonchev–Trinajstić information content (AvgIpc) is 2.47. The lowest BCUT2D eigenvalue weighted by Gasteiger charge is -2.36. The number of nitrogens with zero attached hydrogens (tertiary/aromatic N) is 2. The molecular weight excluding hydrogens is 425 g/mol. The Morgan fingerprint density at radius 3 is 2.58 bits per heavy atom. The molecule has 2 rings (SSSR count). The highest BCUT2D eigenvalue weighted by atomic mass is 127. The molecule has 1 aromatic carbocycles. The fourth-order valence-electron chi connectivity index (χ4n) is 2.32. The highest BCUT2D eigenvalue weighted by molar-refractivity contribution is 5.91. The smallest absolute Gasteiger partial charge is 0.414 e. The van der Waals surface area contributed by atoms with Gasteiger partial charge in [0.15, 0.2) is 6.54 Å².